The minimum atomic E-state index is -0.341. The monoisotopic (exact) mass is 325 g/mol. The van der Waals surface area contributed by atoms with E-state index in [1.54, 1.807) is 24.3 Å². The molecular formula is C18H16FN3O2. The fourth-order valence-corrected chi connectivity index (χ4v) is 2.84. The van der Waals surface area contributed by atoms with Gasteiger partial charge in [0.05, 0.1) is 23.7 Å². The van der Waals surface area contributed by atoms with Gasteiger partial charge in [0, 0.05) is 12.0 Å². The van der Waals surface area contributed by atoms with Gasteiger partial charge in [-0.05, 0) is 36.8 Å². The van der Waals surface area contributed by atoms with Gasteiger partial charge in [-0.2, -0.15) is 0 Å². The molecular weight excluding hydrogens is 309 g/mol. The average Bonchev–Trinajstić information content (AvgIpc) is 3.08. The zero-order valence-corrected chi connectivity index (χ0v) is 12.9. The molecule has 1 saturated heterocycles. The highest BCUT2D eigenvalue weighted by atomic mass is 19.1. The van der Waals surface area contributed by atoms with Crippen LogP contribution in [0.3, 0.4) is 0 Å². The van der Waals surface area contributed by atoms with Crippen molar-refractivity contribution in [3.8, 4) is 17.1 Å². The summed E-state index contributed by atoms with van der Waals surface area (Å²) < 4.78 is 19.0. The molecule has 5 nitrogen and oxygen atoms in total. The van der Waals surface area contributed by atoms with Gasteiger partial charge < -0.3 is 15.2 Å². The van der Waals surface area contributed by atoms with Crippen molar-refractivity contribution in [2.45, 2.75) is 12.5 Å². The number of nitrogens with zero attached hydrogens (tertiary/aromatic N) is 2. The maximum Gasteiger partial charge on any atom is 0.165 e. The molecule has 1 unspecified atom stereocenters. The molecule has 0 saturated carbocycles. The van der Waals surface area contributed by atoms with Crippen molar-refractivity contribution in [2.24, 2.45) is 0 Å². The highest BCUT2D eigenvalue weighted by Gasteiger charge is 2.19. The van der Waals surface area contributed by atoms with E-state index in [0.29, 0.717) is 41.3 Å². The molecule has 1 aliphatic heterocycles. The number of benzene rings is 2. The van der Waals surface area contributed by atoms with Crippen molar-refractivity contribution in [3.05, 3.63) is 48.3 Å². The zero-order chi connectivity index (χ0) is 16.5. The lowest BCUT2D eigenvalue weighted by Crippen LogP contribution is -2.20. The van der Waals surface area contributed by atoms with Gasteiger partial charge in [-0.3, -0.25) is 0 Å². The Labute approximate surface area is 138 Å². The summed E-state index contributed by atoms with van der Waals surface area (Å²) in [4.78, 5) is 9.01. The predicted octanol–water partition coefficient (Wildman–Crippen LogP) is 3.34. The van der Waals surface area contributed by atoms with Gasteiger partial charge in [-0.25, -0.2) is 14.4 Å². The molecule has 0 amide bonds. The van der Waals surface area contributed by atoms with Crippen molar-refractivity contribution in [1.29, 1.82) is 0 Å². The van der Waals surface area contributed by atoms with E-state index in [-0.39, 0.29) is 17.6 Å². The molecule has 4 rings (SSSR count). The Morgan fingerprint density at radius 1 is 1.17 bits per heavy atom. The number of hydrogen-bond acceptors (Lipinski definition) is 5. The van der Waals surface area contributed by atoms with Gasteiger partial charge >= 0.3 is 0 Å². The topological polar surface area (TPSA) is 67.3 Å². The number of nitrogens with one attached hydrogen (secondary N) is 1. The van der Waals surface area contributed by atoms with E-state index in [9.17, 15) is 9.50 Å². The second kappa shape index (κ2) is 6.05. The Balaban J connectivity index is 1.86. The molecule has 1 aliphatic rings. The standard InChI is InChI=1S/C18H16FN3O2/c19-11-5-6-15-14(9-11)18(20-12-7-8-24-10-12)22-17(21-15)13-3-1-2-4-16(13)23/h1-6,9,12,23H,7-8,10H2,(H,20,21,22). The first-order chi connectivity index (χ1) is 11.7. The number of anilines is 1. The number of rotatable bonds is 3. The quantitative estimate of drug-likeness (QED) is 0.773. The third kappa shape index (κ3) is 2.76. The first kappa shape index (κ1) is 14.8. The van der Waals surface area contributed by atoms with Crippen molar-refractivity contribution >= 4 is 16.7 Å². The van der Waals surface area contributed by atoms with Crippen molar-refractivity contribution in [1.82, 2.24) is 9.97 Å². The SMILES string of the molecule is Oc1ccccc1-c1nc(NC2CCOC2)c2cc(F)ccc2n1. The van der Waals surface area contributed by atoms with Gasteiger partial charge in [-0.15, -0.1) is 0 Å². The van der Waals surface area contributed by atoms with Crippen LogP contribution in [-0.2, 0) is 4.74 Å². The summed E-state index contributed by atoms with van der Waals surface area (Å²) in [5.74, 6) is 0.711. The third-order valence-electron chi connectivity index (χ3n) is 4.07. The van der Waals surface area contributed by atoms with Crippen LogP contribution in [0.15, 0.2) is 42.5 Å². The zero-order valence-electron chi connectivity index (χ0n) is 12.9. The second-order valence-corrected chi connectivity index (χ2v) is 5.78. The number of ether oxygens (including phenoxy) is 1. The highest BCUT2D eigenvalue weighted by Crippen LogP contribution is 2.30. The van der Waals surface area contributed by atoms with Crippen LogP contribution in [0.1, 0.15) is 6.42 Å². The van der Waals surface area contributed by atoms with E-state index < -0.39 is 0 Å². The number of aromatic nitrogens is 2. The number of phenolic OH excluding ortho intramolecular Hbond substituents is 1. The molecule has 2 aromatic carbocycles. The molecule has 1 atom stereocenters. The van der Waals surface area contributed by atoms with Crippen molar-refractivity contribution < 1.29 is 14.2 Å². The van der Waals surface area contributed by atoms with Gasteiger partial charge in [-0.1, -0.05) is 12.1 Å². The number of hydrogen-bond donors (Lipinski definition) is 2. The second-order valence-electron chi connectivity index (χ2n) is 5.78. The molecule has 2 heterocycles. The van der Waals surface area contributed by atoms with Crippen LogP contribution in [0.4, 0.5) is 10.2 Å². The number of fused-ring (bicyclic) bond motifs is 1. The summed E-state index contributed by atoms with van der Waals surface area (Å²) in [5.41, 5.74) is 1.15. The molecule has 0 bridgehead atoms. The van der Waals surface area contributed by atoms with Crippen LogP contribution in [-0.4, -0.2) is 34.3 Å². The fourth-order valence-electron chi connectivity index (χ4n) is 2.84. The molecule has 2 N–H and O–H groups in total. The Morgan fingerprint density at radius 2 is 2.04 bits per heavy atom. The molecule has 0 spiro atoms. The fraction of sp³-hybridized carbons (Fsp3) is 0.222. The minimum Gasteiger partial charge on any atom is -0.507 e. The molecule has 1 aromatic heterocycles. The lowest BCUT2D eigenvalue weighted by Gasteiger charge is -2.15. The molecule has 3 aromatic rings. The van der Waals surface area contributed by atoms with Crippen molar-refractivity contribution in [3.63, 3.8) is 0 Å². The van der Waals surface area contributed by atoms with Crippen LogP contribution in [0.25, 0.3) is 22.3 Å². The minimum absolute atomic E-state index is 0.106. The Morgan fingerprint density at radius 3 is 2.83 bits per heavy atom. The lowest BCUT2D eigenvalue weighted by atomic mass is 10.1. The molecule has 1 fully saturated rings. The number of aromatic hydroxyl groups is 1. The van der Waals surface area contributed by atoms with Crippen LogP contribution in [0, 0.1) is 5.82 Å². The van der Waals surface area contributed by atoms with E-state index in [4.69, 9.17) is 4.74 Å². The van der Waals surface area contributed by atoms with Crippen LogP contribution < -0.4 is 5.32 Å². The molecule has 24 heavy (non-hydrogen) atoms. The number of phenols is 1. The summed E-state index contributed by atoms with van der Waals surface area (Å²) in [5, 5.41) is 14.0. The lowest BCUT2D eigenvalue weighted by molar-refractivity contribution is 0.195. The summed E-state index contributed by atoms with van der Waals surface area (Å²) in [6, 6.07) is 11.4. The summed E-state index contributed by atoms with van der Waals surface area (Å²) in [6.07, 6.45) is 0.868. The molecule has 6 heteroatoms. The van der Waals surface area contributed by atoms with E-state index >= 15 is 0 Å². The van der Waals surface area contributed by atoms with Gasteiger partial charge in [0.1, 0.15) is 17.4 Å². The summed E-state index contributed by atoms with van der Waals surface area (Å²) in [6.45, 7) is 1.29. The van der Waals surface area contributed by atoms with E-state index in [1.807, 2.05) is 6.07 Å². The number of halogens is 1. The van der Waals surface area contributed by atoms with E-state index in [1.165, 1.54) is 12.1 Å². The normalized spacial score (nSPS) is 17.3. The maximum atomic E-state index is 13.7. The third-order valence-corrected chi connectivity index (χ3v) is 4.07. The van der Waals surface area contributed by atoms with E-state index in [0.717, 1.165) is 6.42 Å². The molecule has 0 aliphatic carbocycles. The predicted molar refractivity (Wildman–Crippen MR) is 89.4 cm³/mol. The van der Waals surface area contributed by atoms with Crippen molar-refractivity contribution in [2.75, 3.05) is 18.5 Å². The average molecular weight is 325 g/mol. The summed E-state index contributed by atoms with van der Waals surface area (Å²) >= 11 is 0. The van der Waals surface area contributed by atoms with Crippen LogP contribution in [0.5, 0.6) is 5.75 Å². The Bertz CT molecular complexity index is 895. The first-order valence-electron chi connectivity index (χ1n) is 7.80. The smallest absolute Gasteiger partial charge is 0.165 e. The number of para-hydroxylation sites is 1. The van der Waals surface area contributed by atoms with Crippen LogP contribution in [0.2, 0.25) is 0 Å². The van der Waals surface area contributed by atoms with Gasteiger partial charge in [0.15, 0.2) is 5.82 Å². The highest BCUT2D eigenvalue weighted by molar-refractivity contribution is 5.91. The first-order valence-corrected chi connectivity index (χ1v) is 7.80. The summed E-state index contributed by atoms with van der Waals surface area (Å²) in [7, 11) is 0. The largest absolute Gasteiger partial charge is 0.507 e. The van der Waals surface area contributed by atoms with Gasteiger partial charge in [0.25, 0.3) is 0 Å². The molecule has 0 radical (unpaired) electrons. The van der Waals surface area contributed by atoms with Gasteiger partial charge in [0.2, 0.25) is 0 Å². The van der Waals surface area contributed by atoms with E-state index in [2.05, 4.69) is 15.3 Å². The van der Waals surface area contributed by atoms with Crippen LogP contribution >= 0.6 is 0 Å². The maximum absolute atomic E-state index is 13.7. The Kier molecular flexibility index (Phi) is 3.74. The molecule has 122 valence electrons. The Hall–Kier alpha value is -2.73.